The number of rotatable bonds is 4. The Bertz CT molecular complexity index is 593. The summed E-state index contributed by atoms with van der Waals surface area (Å²) in [7, 11) is 0. The molecule has 1 aromatic rings. The Labute approximate surface area is 137 Å². The molecular weight excluding hydrogens is 296 g/mol. The van der Waals surface area contributed by atoms with E-state index in [0.717, 1.165) is 5.56 Å². The molecule has 4 nitrogen and oxygen atoms in total. The molecule has 0 saturated heterocycles. The van der Waals surface area contributed by atoms with Crippen LogP contribution in [0.25, 0.3) is 0 Å². The average Bonchev–Trinajstić information content (AvgIpc) is 2.46. The first-order valence-corrected chi connectivity index (χ1v) is 7.97. The number of carbonyl (C=O) groups is 1. The van der Waals surface area contributed by atoms with Crippen molar-refractivity contribution in [3.05, 3.63) is 35.4 Å². The summed E-state index contributed by atoms with van der Waals surface area (Å²) < 4.78 is 5.20. The summed E-state index contributed by atoms with van der Waals surface area (Å²) in [5.74, 6) is -0.244. The number of esters is 1. The molecule has 118 valence electrons. The van der Waals surface area contributed by atoms with Crippen molar-refractivity contribution < 1.29 is 9.53 Å². The standard InChI is InChI=1S/C17H22N2O2S/c1-5-21-16(20)14-11(4)18-17(22)19-15(14)13-8-6-12(7-9-13)10(2)3/h6-10,14-15H,5H2,1-4H3,(H,19,22). The van der Waals surface area contributed by atoms with E-state index in [9.17, 15) is 4.79 Å². The predicted octanol–water partition coefficient (Wildman–Crippen LogP) is 3.38. The van der Waals surface area contributed by atoms with Gasteiger partial charge in [0.15, 0.2) is 5.11 Å². The molecule has 2 rings (SSSR count). The van der Waals surface area contributed by atoms with Crippen LogP contribution in [0.1, 0.15) is 50.8 Å². The highest BCUT2D eigenvalue weighted by Gasteiger charge is 2.36. The molecule has 0 aromatic heterocycles. The number of hydrogen-bond donors (Lipinski definition) is 1. The molecule has 22 heavy (non-hydrogen) atoms. The molecule has 1 N–H and O–H groups in total. The maximum atomic E-state index is 12.3. The van der Waals surface area contributed by atoms with Gasteiger partial charge in [0.05, 0.1) is 12.6 Å². The van der Waals surface area contributed by atoms with E-state index in [1.165, 1.54) is 5.56 Å². The number of thiocarbonyl (C=S) groups is 1. The lowest BCUT2D eigenvalue weighted by Gasteiger charge is -2.31. The summed E-state index contributed by atoms with van der Waals surface area (Å²) in [5, 5.41) is 3.56. The van der Waals surface area contributed by atoms with Crippen LogP contribution in [-0.2, 0) is 9.53 Å². The lowest BCUT2D eigenvalue weighted by molar-refractivity contribution is -0.146. The fraction of sp³-hybridized carbons (Fsp3) is 0.471. The highest BCUT2D eigenvalue weighted by atomic mass is 32.1. The Morgan fingerprint density at radius 1 is 1.36 bits per heavy atom. The molecular formula is C17H22N2O2S. The first kappa shape index (κ1) is 16.6. The van der Waals surface area contributed by atoms with E-state index in [1.54, 1.807) is 6.92 Å². The van der Waals surface area contributed by atoms with Crippen molar-refractivity contribution in [1.82, 2.24) is 5.32 Å². The van der Waals surface area contributed by atoms with Crippen LogP contribution in [-0.4, -0.2) is 23.4 Å². The number of benzene rings is 1. The van der Waals surface area contributed by atoms with E-state index in [0.29, 0.717) is 23.3 Å². The first-order chi connectivity index (χ1) is 10.4. The Kier molecular flexibility index (Phi) is 5.29. The number of nitrogens with zero attached hydrogens (tertiary/aromatic N) is 1. The topological polar surface area (TPSA) is 50.7 Å². The van der Waals surface area contributed by atoms with Crippen molar-refractivity contribution in [2.45, 2.75) is 39.7 Å². The first-order valence-electron chi connectivity index (χ1n) is 7.56. The quantitative estimate of drug-likeness (QED) is 0.683. The van der Waals surface area contributed by atoms with Crippen LogP contribution in [0.3, 0.4) is 0 Å². The van der Waals surface area contributed by atoms with Crippen LogP contribution < -0.4 is 5.32 Å². The number of aliphatic imine (C=N–C) groups is 1. The molecule has 1 aliphatic rings. The van der Waals surface area contributed by atoms with Gasteiger partial charge in [-0.3, -0.25) is 4.79 Å². The Morgan fingerprint density at radius 2 is 2.00 bits per heavy atom. The van der Waals surface area contributed by atoms with E-state index in [-0.39, 0.29) is 12.0 Å². The summed E-state index contributed by atoms with van der Waals surface area (Å²) >= 11 is 5.18. The zero-order valence-corrected chi connectivity index (χ0v) is 14.2. The maximum absolute atomic E-state index is 12.3. The van der Waals surface area contributed by atoms with Crippen LogP contribution >= 0.6 is 12.2 Å². The van der Waals surface area contributed by atoms with E-state index in [4.69, 9.17) is 17.0 Å². The van der Waals surface area contributed by atoms with Gasteiger partial charge < -0.3 is 10.1 Å². The van der Waals surface area contributed by atoms with Crippen molar-refractivity contribution in [2.75, 3.05) is 6.61 Å². The van der Waals surface area contributed by atoms with Crippen LogP contribution in [0.5, 0.6) is 0 Å². The van der Waals surface area contributed by atoms with Gasteiger partial charge in [0.2, 0.25) is 0 Å². The lowest BCUT2D eigenvalue weighted by atomic mass is 9.87. The monoisotopic (exact) mass is 318 g/mol. The smallest absolute Gasteiger partial charge is 0.317 e. The third kappa shape index (κ3) is 3.53. The summed E-state index contributed by atoms with van der Waals surface area (Å²) in [6.07, 6.45) is 0. The van der Waals surface area contributed by atoms with Gasteiger partial charge in [-0.05, 0) is 43.1 Å². The number of hydrogen-bond acceptors (Lipinski definition) is 3. The number of nitrogens with one attached hydrogen (secondary N) is 1. The Hall–Kier alpha value is -1.75. The van der Waals surface area contributed by atoms with Gasteiger partial charge in [-0.1, -0.05) is 38.1 Å². The zero-order valence-electron chi connectivity index (χ0n) is 13.4. The summed E-state index contributed by atoms with van der Waals surface area (Å²) in [6.45, 7) is 8.29. The third-order valence-corrected chi connectivity index (χ3v) is 4.05. The van der Waals surface area contributed by atoms with Crippen molar-refractivity contribution >= 4 is 29.0 Å². The molecule has 0 aliphatic carbocycles. The Morgan fingerprint density at radius 3 is 2.55 bits per heavy atom. The second-order valence-corrected chi connectivity index (χ2v) is 6.12. The minimum absolute atomic E-state index is 0.231. The number of ether oxygens (including phenoxy) is 1. The molecule has 1 heterocycles. The van der Waals surface area contributed by atoms with E-state index >= 15 is 0 Å². The van der Waals surface area contributed by atoms with Crippen LogP contribution in [0.2, 0.25) is 0 Å². The van der Waals surface area contributed by atoms with Crippen LogP contribution in [0.4, 0.5) is 0 Å². The second-order valence-electron chi connectivity index (χ2n) is 5.73. The summed E-state index contributed by atoms with van der Waals surface area (Å²) in [6, 6.07) is 8.04. The fourth-order valence-electron chi connectivity index (χ4n) is 2.62. The Balaban J connectivity index is 2.34. The molecule has 1 aromatic carbocycles. The summed E-state index contributed by atoms with van der Waals surface area (Å²) in [5.41, 5.74) is 2.97. The third-order valence-electron chi connectivity index (χ3n) is 3.84. The average molecular weight is 318 g/mol. The van der Waals surface area contributed by atoms with Gasteiger partial charge in [-0.2, -0.15) is 0 Å². The fourth-order valence-corrected chi connectivity index (χ4v) is 2.89. The van der Waals surface area contributed by atoms with Gasteiger partial charge in [-0.15, -0.1) is 0 Å². The van der Waals surface area contributed by atoms with Gasteiger partial charge in [0, 0.05) is 5.71 Å². The zero-order chi connectivity index (χ0) is 16.3. The molecule has 0 spiro atoms. The minimum Gasteiger partial charge on any atom is -0.465 e. The maximum Gasteiger partial charge on any atom is 0.317 e. The molecule has 2 atom stereocenters. The van der Waals surface area contributed by atoms with Crippen molar-refractivity contribution in [3.63, 3.8) is 0 Å². The molecule has 5 heteroatoms. The molecule has 2 unspecified atom stereocenters. The molecule has 0 saturated carbocycles. The van der Waals surface area contributed by atoms with Gasteiger partial charge in [0.1, 0.15) is 5.92 Å². The van der Waals surface area contributed by atoms with E-state index in [1.807, 2.05) is 19.1 Å². The summed E-state index contributed by atoms with van der Waals surface area (Å²) in [4.78, 5) is 16.5. The van der Waals surface area contributed by atoms with Crippen molar-refractivity contribution in [3.8, 4) is 0 Å². The molecule has 0 fully saturated rings. The van der Waals surface area contributed by atoms with E-state index in [2.05, 4.69) is 36.3 Å². The van der Waals surface area contributed by atoms with Gasteiger partial charge in [-0.25, -0.2) is 4.99 Å². The largest absolute Gasteiger partial charge is 0.465 e. The lowest BCUT2D eigenvalue weighted by Crippen LogP contribution is -2.44. The highest BCUT2D eigenvalue weighted by Crippen LogP contribution is 2.29. The van der Waals surface area contributed by atoms with Gasteiger partial charge in [0.25, 0.3) is 0 Å². The van der Waals surface area contributed by atoms with Crippen molar-refractivity contribution in [2.24, 2.45) is 10.9 Å². The van der Waals surface area contributed by atoms with Crippen LogP contribution in [0.15, 0.2) is 29.3 Å². The normalized spacial score (nSPS) is 21.3. The number of carbonyl (C=O) groups excluding carboxylic acids is 1. The molecule has 0 amide bonds. The SMILES string of the molecule is CCOC(=O)C1C(C)=NC(=S)NC1c1ccc(C(C)C)cc1. The predicted molar refractivity (Wildman–Crippen MR) is 92.2 cm³/mol. The molecule has 0 bridgehead atoms. The van der Waals surface area contributed by atoms with E-state index < -0.39 is 5.92 Å². The van der Waals surface area contributed by atoms with Crippen LogP contribution in [0, 0.1) is 5.92 Å². The molecule has 1 aliphatic heterocycles. The molecule has 0 radical (unpaired) electrons. The second kappa shape index (κ2) is 7.01. The minimum atomic E-state index is -0.448. The highest BCUT2D eigenvalue weighted by molar-refractivity contribution is 7.80. The van der Waals surface area contributed by atoms with Gasteiger partial charge >= 0.3 is 5.97 Å². The van der Waals surface area contributed by atoms with Crippen molar-refractivity contribution in [1.29, 1.82) is 0 Å².